The molecule has 0 saturated carbocycles. The molecular weight excluding hydrogens is 155 g/mol. The molecule has 0 aliphatic carbocycles. The first kappa shape index (κ1) is 10.5. The van der Waals surface area contributed by atoms with Crippen molar-refractivity contribution in [3.63, 3.8) is 0 Å². The Morgan fingerprint density at radius 3 is 2.10 bits per heavy atom. The Morgan fingerprint density at radius 2 is 1.70 bits per heavy atom. The molecule has 1 aromatic carbocycles. The number of hydrogen-bond acceptors (Lipinski definition) is 2. The van der Waals surface area contributed by atoms with Crippen LogP contribution in [0.2, 0.25) is 0 Å². The van der Waals surface area contributed by atoms with Crippen LogP contribution in [0.25, 0.3) is 0 Å². The molecule has 1 nitrogen and oxygen atoms in total. The molecule has 3 heteroatoms. The van der Waals surface area contributed by atoms with Gasteiger partial charge in [-0.15, -0.1) is 0 Å². The van der Waals surface area contributed by atoms with Crippen LogP contribution in [-0.2, 0) is 0 Å². The number of benzene rings is 1. The van der Waals surface area contributed by atoms with Crippen molar-refractivity contribution in [1.29, 1.82) is 0 Å². The van der Waals surface area contributed by atoms with E-state index in [1.54, 1.807) is 0 Å². The van der Waals surface area contributed by atoms with Crippen molar-refractivity contribution in [2.45, 2.75) is 11.8 Å². The van der Waals surface area contributed by atoms with E-state index >= 15 is 0 Å². The number of aryl methyl sites for hydroxylation is 1. The molecule has 0 aliphatic rings. The SMILES string of the molecule is Cc1ccc(SO)cc1.[NaH]. The fourth-order valence-corrected chi connectivity index (χ4v) is 0.857. The van der Waals surface area contributed by atoms with Crippen LogP contribution in [0.3, 0.4) is 0 Å². The molecule has 0 atom stereocenters. The predicted molar refractivity (Wildman–Crippen MR) is 46.8 cm³/mol. The molecule has 0 aliphatic heterocycles. The minimum atomic E-state index is 0. The van der Waals surface area contributed by atoms with Crippen molar-refractivity contribution in [2.24, 2.45) is 0 Å². The number of hydrogen-bond donors (Lipinski definition) is 1. The van der Waals surface area contributed by atoms with Crippen LogP contribution in [-0.4, -0.2) is 34.1 Å². The zero-order valence-electron chi connectivity index (χ0n) is 5.16. The van der Waals surface area contributed by atoms with Crippen molar-refractivity contribution >= 4 is 41.6 Å². The van der Waals surface area contributed by atoms with Crippen LogP contribution in [0.4, 0.5) is 0 Å². The zero-order chi connectivity index (χ0) is 6.69. The maximum absolute atomic E-state index is 8.55. The molecule has 0 radical (unpaired) electrons. The van der Waals surface area contributed by atoms with Crippen molar-refractivity contribution < 1.29 is 4.55 Å². The van der Waals surface area contributed by atoms with E-state index in [-0.39, 0.29) is 29.6 Å². The third-order valence-electron chi connectivity index (χ3n) is 1.13. The third-order valence-corrected chi connectivity index (χ3v) is 1.61. The Kier molecular flexibility index (Phi) is 5.49. The van der Waals surface area contributed by atoms with Gasteiger partial charge in [0.1, 0.15) is 0 Å². The van der Waals surface area contributed by atoms with Gasteiger partial charge in [-0.3, -0.25) is 0 Å². The second kappa shape index (κ2) is 5.22. The summed E-state index contributed by atoms with van der Waals surface area (Å²) in [4.78, 5) is 0.889. The van der Waals surface area contributed by atoms with Crippen molar-refractivity contribution in [2.75, 3.05) is 0 Å². The van der Waals surface area contributed by atoms with Gasteiger partial charge in [0.15, 0.2) is 0 Å². The molecule has 0 heterocycles. The standard InChI is InChI=1S/C7H8OS.Na.H/c1-6-2-4-7(9-8)5-3-6;;/h2-5,8H,1H3;;. The molecule has 0 aromatic heterocycles. The Bertz CT molecular complexity index is 185. The summed E-state index contributed by atoms with van der Waals surface area (Å²) in [6.07, 6.45) is 0. The molecular formula is C7H9NaOS. The van der Waals surface area contributed by atoms with Gasteiger partial charge in [0.05, 0.1) is 0 Å². The maximum atomic E-state index is 8.55. The fraction of sp³-hybridized carbons (Fsp3) is 0.143. The van der Waals surface area contributed by atoms with Crippen LogP contribution in [0.5, 0.6) is 0 Å². The van der Waals surface area contributed by atoms with Gasteiger partial charge in [0.2, 0.25) is 0 Å². The molecule has 0 unspecified atom stereocenters. The Labute approximate surface area is 87.3 Å². The Hall–Kier alpha value is 0.530. The topological polar surface area (TPSA) is 20.2 Å². The summed E-state index contributed by atoms with van der Waals surface area (Å²) < 4.78 is 8.55. The molecule has 50 valence electrons. The van der Waals surface area contributed by atoms with Gasteiger partial charge in [-0.25, -0.2) is 0 Å². The van der Waals surface area contributed by atoms with Gasteiger partial charge in [-0.2, -0.15) is 0 Å². The summed E-state index contributed by atoms with van der Waals surface area (Å²) in [6, 6.07) is 7.72. The first-order chi connectivity index (χ1) is 4.33. The Balaban J connectivity index is 0.000000810. The van der Waals surface area contributed by atoms with E-state index < -0.39 is 0 Å². The second-order valence-electron chi connectivity index (χ2n) is 1.90. The first-order valence-electron chi connectivity index (χ1n) is 2.71. The van der Waals surface area contributed by atoms with Crippen LogP contribution >= 0.6 is 12.0 Å². The van der Waals surface area contributed by atoms with Gasteiger partial charge in [0, 0.05) is 16.9 Å². The van der Waals surface area contributed by atoms with E-state index in [2.05, 4.69) is 0 Å². The summed E-state index contributed by atoms with van der Waals surface area (Å²) in [6.45, 7) is 2.02. The molecule has 10 heavy (non-hydrogen) atoms. The van der Waals surface area contributed by atoms with E-state index in [4.69, 9.17) is 4.55 Å². The van der Waals surface area contributed by atoms with Gasteiger partial charge < -0.3 is 4.55 Å². The molecule has 0 amide bonds. The monoisotopic (exact) mass is 164 g/mol. The summed E-state index contributed by atoms with van der Waals surface area (Å²) >= 11 is 0.777. The molecule has 0 fully saturated rings. The number of rotatable bonds is 1. The van der Waals surface area contributed by atoms with Gasteiger partial charge in [-0.05, 0) is 19.1 Å². The second-order valence-corrected chi connectivity index (χ2v) is 2.56. The average molecular weight is 164 g/mol. The zero-order valence-corrected chi connectivity index (χ0v) is 5.98. The van der Waals surface area contributed by atoms with Crippen LogP contribution in [0, 0.1) is 6.92 Å². The first-order valence-corrected chi connectivity index (χ1v) is 3.48. The summed E-state index contributed by atoms with van der Waals surface area (Å²) in [5.41, 5.74) is 1.22. The van der Waals surface area contributed by atoms with Gasteiger partial charge in [0.25, 0.3) is 0 Å². The summed E-state index contributed by atoms with van der Waals surface area (Å²) in [7, 11) is 0. The van der Waals surface area contributed by atoms with Crippen molar-refractivity contribution in [3.8, 4) is 0 Å². The van der Waals surface area contributed by atoms with E-state index in [9.17, 15) is 0 Å². The van der Waals surface area contributed by atoms with Crippen LogP contribution < -0.4 is 0 Å². The van der Waals surface area contributed by atoms with Crippen LogP contribution in [0.1, 0.15) is 5.56 Å². The average Bonchev–Trinajstić information content (AvgIpc) is 1.90. The Morgan fingerprint density at radius 1 is 1.20 bits per heavy atom. The van der Waals surface area contributed by atoms with E-state index in [0.29, 0.717) is 0 Å². The summed E-state index contributed by atoms with van der Waals surface area (Å²) in [5.74, 6) is 0. The molecule has 1 rings (SSSR count). The van der Waals surface area contributed by atoms with Gasteiger partial charge >= 0.3 is 29.6 Å². The van der Waals surface area contributed by atoms with Gasteiger partial charge in [-0.1, -0.05) is 17.7 Å². The van der Waals surface area contributed by atoms with E-state index in [1.807, 2.05) is 31.2 Å². The van der Waals surface area contributed by atoms with E-state index in [0.717, 1.165) is 16.9 Å². The van der Waals surface area contributed by atoms with Crippen molar-refractivity contribution in [1.82, 2.24) is 0 Å². The molecule has 0 bridgehead atoms. The molecule has 0 spiro atoms. The molecule has 1 N–H and O–H groups in total. The predicted octanol–water partition coefficient (Wildman–Crippen LogP) is 1.91. The molecule has 1 aromatic rings. The normalized spacial score (nSPS) is 8.60. The molecule has 0 saturated heterocycles. The quantitative estimate of drug-likeness (QED) is 0.505. The van der Waals surface area contributed by atoms with Crippen molar-refractivity contribution in [3.05, 3.63) is 29.8 Å². The van der Waals surface area contributed by atoms with Crippen LogP contribution in [0.15, 0.2) is 29.2 Å². The van der Waals surface area contributed by atoms with E-state index in [1.165, 1.54) is 5.56 Å². The third kappa shape index (κ3) is 3.08. The minimum absolute atomic E-state index is 0. The summed E-state index contributed by atoms with van der Waals surface area (Å²) in [5, 5.41) is 0. The fourth-order valence-electron chi connectivity index (χ4n) is 0.599.